The van der Waals surface area contributed by atoms with Gasteiger partial charge in [-0.2, -0.15) is 0 Å². The minimum Gasteiger partial charge on any atom is -0.481 e. The summed E-state index contributed by atoms with van der Waals surface area (Å²) >= 11 is 0. The van der Waals surface area contributed by atoms with Crippen LogP contribution in [-0.4, -0.2) is 41.0 Å². The molecule has 1 saturated heterocycles. The topological polar surface area (TPSA) is 69.6 Å². The lowest BCUT2D eigenvalue weighted by atomic mass is 9.94. The third-order valence-electron chi connectivity index (χ3n) is 4.18. The van der Waals surface area contributed by atoms with Crippen molar-refractivity contribution in [3.8, 4) is 0 Å². The molecule has 0 unspecified atom stereocenters. The van der Waals surface area contributed by atoms with E-state index >= 15 is 0 Å². The lowest BCUT2D eigenvalue weighted by molar-refractivity contribution is -0.146. The molecule has 0 radical (unpaired) electrons. The number of rotatable bonds is 6. The second-order valence-electron chi connectivity index (χ2n) is 6.52. The number of hydrogen-bond donors (Lipinski definition) is 2. The molecule has 2 rings (SSSR count). The van der Waals surface area contributed by atoms with Crippen molar-refractivity contribution < 1.29 is 14.7 Å². The largest absolute Gasteiger partial charge is 0.481 e. The van der Waals surface area contributed by atoms with Gasteiger partial charge in [0.1, 0.15) is 0 Å². The summed E-state index contributed by atoms with van der Waals surface area (Å²) in [6, 6.07) is 9.92. The molecular weight excluding hydrogens is 280 g/mol. The van der Waals surface area contributed by atoms with Gasteiger partial charge in [-0.1, -0.05) is 30.3 Å². The van der Waals surface area contributed by atoms with Crippen molar-refractivity contribution in [2.24, 2.45) is 5.41 Å². The standard InChI is InChI=1S/C17H24N2O3/c1-17(2,16(21)22)12-18-15(20)14-9-6-10-19(14)11-13-7-4-3-5-8-13/h3-5,7-8,14H,6,9-12H2,1-2H3,(H,18,20)(H,21,22)/t14-/m0/s1. The molecule has 1 aromatic carbocycles. The van der Waals surface area contributed by atoms with Crippen molar-refractivity contribution in [3.05, 3.63) is 35.9 Å². The van der Waals surface area contributed by atoms with Gasteiger partial charge in [-0.3, -0.25) is 14.5 Å². The Balaban J connectivity index is 1.92. The Labute approximate surface area is 131 Å². The summed E-state index contributed by atoms with van der Waals surface area (Å²) < 4.78 is 0. The first-order valence-electron chi connectivity index (χ1n) is 7.69. The monoisotopic (exact) mass is 304 g/mol. The molecule has 0 spiro atoms. The average molecular weight is 304 g/mol. The quantitative estimate of drug-likeness (QED) is 0.842. The van der Waals surface area contributed by atoms with Gasteiger partial charge in [-0.25, -0.2) is 0 Å². The molecule has 1 aliphatic heterocycles. The molecule has 0 aromatic heterocycles. The minimum absolute atomic E-state index is 0.0669. The SMILES string of the molecule is CC(C)(CNC(=O)[C@@H]1CCCN1Cc1ccccc1)C(=O)O. The molecule has 2 N–H and O–H groups in total. The lowest BCUT2D eigenvalue weighted by Gasteiger charge is -2.26. The van der Waals surface area contributed by atoms with Gasteiger partial charge in [0.15, 0.2) is 0 Å². The highest BCUT2D eigenvalue weighted by atomic mass is 16.4. The van der Waals surface area contributed by atoms with Gasteiger partial charge in [0.05, 0.1) is 11.5 Å². The maximum Gasteiger partial charge on any atom is 0.310 e. The van der Waals surface area contributed by atoms with Gasteiger partial charge >= 0.3 is 5.97 Å². The molecule has 1 amide bonds. The number of carbonyl (C=O) groups excluding carboxylic acids is 1. The van der Waals surface area contributed by atoms with Gasteiger partial charge in [0.2, 0.25) is 5.91 Å². The van der Waals surface area contributed by atoms with Crippen LogP contribution in [0.2, 0.25) is 0 Å². The molecule has 1 fully saturated rings. The Bertz CT molecular complexity index is 528. The smallest absolute Gasteiger partial charge is 0.310 e. The number of nitrogens with one attached hydrogen (secondary N) is 1. The van der Waals surface area contributed by atoms with E-state index in [1.54, 1.807) is 13.8 Å². The maximum absolute atomic E-state index is 12.4. The van der Waals surface area contributed by atoms with Gasteiger partial charge in [0, 0.05) is 13.1 Å². The second kappa shape index (κ2) is 6.92. The molecule has 0 bridgehead atoms. The molecule has 1 heterocycles. The zero-order valence-corrected chi connectivity index (χ0v) is 13.2. The van der Waals surface area contributed by atoms with Gasteiger partial charge < -0.3 is 10.4 Å². The van der Waals surface area contributed by atoms with Crippen LogP contribution in [0.1, 0.15) is 32.3 Å². The molecule has 0 aliphatic carbocycles. The van der Waals surface area contributed by atoms with E-state index in [9.17, 15) is 9.59 Å². The van der Waals surface area contributed by atoms with Crippen molar-refractivity contribution >= 4 is 11.9 Å². The van der Waals surface area contributed by atoms with Crippen LogP contribution in [0.15, 0.2) is 30.3 Å². The number of likely N-dealkylation sites (tertiary alicyclic amines) is 1. The van der Waals surface area contributed by atoms with Crippen LogP contribution in [0.3, 0.4) is 0 Å². The van der Waals surface area contributed by atoms with Crippen molar-refractivity contribution in [1.29, 1.82) is 0 Å². The van der Waals surface area contributed by atoms with Crippen LogP contribution < -0.4 is 5.32 Å². The third-order valence-corrected chi connectivity index (χ3v) is 4.18. The molecule has 1 atom stereocenters. The van der Waals surface area contributed by atoms with E-state index in [0.717, 1.165) is 25.9 Å². The van der Waals surface area contributed by atoms with Crippen LogP contribution in [0.4, 0.5) is 0 Å². The number of benzene rings is 1. The highest BCUT2D eigenvalue weighted by molar-refractivity contribution is 5.83. The number of hydrogen-bond acceptors (Lipinski definition) is 3. The Morgan fingerprint density at radius 2 is 2.00 bits per heavy atom. The van der Waals surface area contributed by atoms with E-state index in [-0.39, 0.29) is 18.5 Å². The lowest BCUT2D eigenvalue weighted by Crippen LogP contribution is -2.47. The van der Waals surface area contributed by atoms with Crippen molar-refractivity contribution in [2.45, 2.75) is 39.3 Å². The van der Waals surface area contributed by atoms with Crippen molar-refractivity contribution in [2.75, 3.05) is 13.1 Å². The Kier molecular flexibility index (Phi) is 5.19. The molecular formula is C17H24N2O3. The van der Waals surface area contributed by atoms with Crippen molar-refractivity contribution in [1.82, 2.24) is 10.2 Å². The van der Waals surface area contributed by atoms with E-state index in [4.69, 9.17) is 5.11 Å². The van der Waals surface area contributed by atoms with Crippen LogP contribution in [0, 0.1) is 5.41 Å². The number of amides is 1. The molecule has 22 heavy (non-hydrogen) atoms. The number of carboxylic acid groups (broad SMARTS) is 1. The highest BCUT2D eigenvalue weighted by Gasteiger charge is 2.33. The zero-order valence-electron chi connectivity index (χ0n) is 13.2. The summed E-state index contributed by atoms with van der Waals surface area (Å²) in [6.45, 7) is 5.03. The number of aliphatic carboxylic acids is 1. The first-order chi connectivity index (χ1) is 10.4. The Morgan fingerprint density at radius 1 is 1.32 bits per heavy atom. The number of carboxylic acids is 1. The highest BCUT2D eigenvalue weighted by Crippen LogP contribution is 2.21. The molecule has 1 aliphatic rings. The van der Waals surface area contributed by atoms with E-state index in [2.05, 4.69) is 22.3 Å². The van der Waals surface area contributed by atoms with Crippen LogP contribution >= 0.6 is 0 Å². The zero-order chi connectivity index (χ0) is 16.2. The summed E-state index contributed by atoms with van der Waals surface area (Å²) in [5.41, 5.74) is 0.242. The van der Waals surface area contributed by atoms with E-state index in [1.807, 2.05) is 18.2 Å². The summed E-state index contributed by atoms with van der Waals surface area (Å²) in [7, 11) is 0. The van der Waals surface area contributed by atoms with Crippen molar-refractivity contribution in [3.63, 3.8) is 0 Å². The molecule has 120 valence electrons. The summed E-state index contributed by atoms with van der Waals surface area (Å²) in [5, 5.41) is 11.9. The first kappa shape index (κ1) is 16.5. The fraction of sp³-hybridized carbons (Fsp3) is 0.529. The fourth-order valence-electron chi connectivity index (χ4n) is 2.63. The summed E-state index contributed by atoms with van der Waals surface area (Å²) in [4.78, 5) is 25.6. The van der Waals surface area contributed by atoms with E-state index in [1.165, 1.54) is 5.56 Å². The summed E-state index contributed by atoms with van der Waals surface area (Å²) in [5.74, 6) is -0.969. The summed E-state index contributed by atoms with van der Waals surface area (Å²) in [6.07, 6.45) is 1.82. The maximum atomic E-state index is 12.4. The van der Waals surface area contributed by atoms with E-state index in [0.29, 0.717) is 0 Å². The second-order valence-corrected chi connectivity index (χ2v) is 6.52. The molecule has 1 aromatic rings. The van der Waals surface area contributed by atoms with Crippen LogP contribution in [-0.2, 0) is 16.1 Å². The Hall–Kier alpha value is -1.88. The van der Waals surface area contributed by atoms with Gasteiger partial charge in [-0.15, -0.1) is 0 Å². The van der Waals surface area contributed by atoms with E-state index < -0.39 is 11.4 Å². The third kappa shape index (κ3) is 4.07. The Morgan fingerprint density at radius 3 is 2.64 bits per heavy atom. The molecule has 5 nitrogen and oxygen atoms in total. The average Bonchev–Trinajstić information content (AvgIpc) is 2.94. The minimum atomic E-state index is -0.946. The predicted molar refractivity (Wildman–Crippen MR) is 84.3 cm³/mol. The van der Waals surface area contributed by atoms with Crippen LogP contribution in [0.25, 0.3) is 0 Å². The van der Waals surface area contributed by atoms with Gasteiger partial charge in [0.25, 0.3) is 0 Å². The number of nitrogens with zero attached hydrogens (tertiary/aromatic N) is 1. The van der Waals surface area contributed by atoms with Crippen LogP contribution in [0.5, 0.6) is 0 Å². The normalized spacial score (nSPS) is 19.1. The fourth-order valence-corrected chi connectivity index (χ4v) is 2.63. The van der Waals surface area contributed by atoms with Gasteiger partial charge in [-0.05, 0) is 38.8 Å². The number of carbonyl (C=O) groups is 2. The molecule has 5 heteroatoms. The predicted octanol–water partition coefficient (Wildman–Crippen LogP) is 1.88. The first-order valence-corrected chi connectivity index (χ1v) is 7.69. The molecule has 0 saturated carbocycles.